The molecule has 2 N–H and O–H groups in total. The number of rotatable bonds is 1. The molecule has 0 radical (unpaired) electrons. The van der Waals surface area contributed by atoms with Crippen molar-refractivity contribution in [1.29, 1.82) is 0 Å². The molecule has 1 saturated heterocycles. The van der Waals surface area contributed by atoms with E-state index >= 15 is 0 Å². The molecule has 3 heteroatoms. The minimum atomic E-state index is 0.662. The molecule has 3 rings (SSSR count). The zero-order valence-electron chi connectivity index (χ0n) is 11.3. The maximum atomic E-state index is 6.15. The van der Waals surface area contributed by atoms with E-state index in [-0.39, 0.29) is 0 Å². The number of anilines is 2. The van der Waals surface area contributed by atoms with Crippen LogP contribution in [0, 0.1) is 12.3 Å². The van der Waals surface area contributed by atoms with Crippen LogP contribution in [0.4, 0.5) is 11.5 Å². The van der Waals surface area contributed by atoms with Crippen LogP contribution in [0.15, 0.2) is 12.3 Å². The molecule has 1 aliphatic heterocycles. The smallest absolute Gasteiger partial charge is 0.152 e. The van der Waals surface area contributed by atoms with Crippen LogP contribution in [0.5, 0.6) is 0 Å². The lowest BCUT2D eigenvalue weighted by molar-refractivity contribution is 0.226. The SMILES string of the molecule is Cc1ccnc(N2CCC3(CCCC3)CC2)c1N. The highest BCUT2D eigenvalue weighted by Gasteiger charge is 2.37. The number of aromatic nitrogens is 1. The Kier molecular flexibility index (Phi) is 2.92. The fraction of sp³-hybridized carbons (Fsp3) is 0.667. The Balaban J connectivity index is 1.74. The molecule has 0 aromatic carbocycles. The van der Waals surface area contributed by atoms with E-state index in [9.17, 15) is 0 Å². The zero-order valence-corrected chi connectivity index (χ0v) is 11.3. The maximum absolute atomic E-state index is 6.15. The molecular weight excluding hydrogens is 222 g/mol. The molecule has 2 fully saturated rings. The standard InChI is InChI=1S/C15H23N3/c1-12-4-9-17-14(13(12)16)18-10-7-15(8-11-18)5-2-3-6-15/h4,9H,2-3,5-8,10-11,16H2,1H3. The van der Waals surface area contributed by atoms with E-state index in [1.165, 1.54) is 38.5 Å². The largest absolute Gasteiger partial charge is 0.396 e. The molecule has 1 saturated carbocycles. The number of hydrogen-bond acceptors (Lipinski definition) is 3. The average molecular weight is 245 g/mol. The van der Waals surface area contributed by atoms with Crippen molar-refractivity contribution in [1.82, 2.24) is 4.98 Å². The van der Waals surface area contributed by atoms with Crippen molar-refractivity contribution >= 4 is 11.5 Å². The van der Waals surface area contributed by atoms with Gasteiger partial charge in [-0.15, -0.1) is 0 Å². The van der Waals surface area contributed by atoms with Crippen molar-refractivity contribution in [3.8, 4) is 0 Å². The first-order valence-electron chi connectivity index (χ1n) is 7.16. The molecule has 0 unspecified atom stereocenters. The second kappa shape index (κ2) is 4.45. The highest BCUT2D eigenvalue weighted by atomic mass is 15.2. The zero-order chi connectivity index (χ0) is 12.6. The molecule has 1 aromatic heterocycles. The van der Waals surface area contributed by atoms with E-state index in [4.69, 9.17) is 5.73 Å². The molecular formula is C15H23N3. The van der Waals surface area contributed by atoms with Crippen LogP contribution in [-0.2, 0) is 0 Å². The van der Waals surface area contributed by atoms with Gasteiger partial charge in [0.1, 0.15) is 0 Å². The number of hydrogen-bond donors (Lipinski definition) is 1. The average Bonchev–Trinajstić information content (AvgIpc) is 2.83. The summed E-state index contributed by atoms with van der Waals surface area (Å²) in [5.74, 6) is 1.00. The van der Waals surface area contributed by atoms with Crippen molar-refractivity contribution in [3.05, 3.63) is 17.8 Å². The number of piperidine rings is 1. The number of nitrogens with two attached hydrogens (primary N) is 1. The van der Waals surface area contributed by atoms with Crippen molar-refractivity contribution in [2.24, 2.45) is 5.41 Å². The fourth-order valence-electron chi connectivity index (χ4n) is 3.63. The van der Waals surface area contributed by atoms with Gasteiger partial charge in [0, 0.05) is 19.3 Å². The van der Waals surface area contributed by atoms with E-state index in [0.717, 1.165) is 30.2 Å². The predicted molar refractivity (Wildman–Crippen MR) is 75.7 cm³/mol. The van der Waals surface area contributed by atoms with E-state index < -0.39 is 0 Å². The second-order valence-corrected chi connectivity index (χ2v) is 6.06. The Morgan fingerprint density at radius 2 is 1.83 bits per heavy atom. The highest BCUT2D eigenvalue weighted by molar-refractivity contribution is 5.66. The van der Waals surface area contributed by atoms with Crippen LogP contribution in [-0.4, -0.2) is 18.1 Å². The molecule has 98 valence electrons. The molecule has 1 aliphatic carbocycles. The quantitative estimate of drug-likeness (QED) is 0.826. The van der Waals surface area contributed by atoms with Gasteiger partial charge in [0.25, 0.3) is 0 Å². The molecule has 3 nitrogen and oxygen atoms in total. The van der Waals surface area contributed by atoms with Crippen LogP contribution >= 0.6 is 0 Å². The van der Waals surface area contributed by atoms with Gasteiger partial charge in [-0.25, -0.2) is 4.98 Å². The lowest BCUT2D eigenvalue weighted by atomic mass is 9.77. The van der Waals surface area contributed by atoms with Crippen molar-refractivity contribution in [2.75, 3.05) is 23.7 Å². The van der Waals surface area contributed by atoms with Gasteiger partial charge in [0.15, 0.2) is 5.82 Å². The van der Waals surface area contributed by atoms with Gasteiger partial charge in [0.2, 0.25) is 0 Å². The van der Waals surface area contributed by atoms with Crippen LogP contribution in [0.1, 0.15) is 44.1 Å². The minimum absolute atomic E-state index is 0.662. The monoisotopic (exact) mass is 245 g/mol. The Bertz CT molecular complexity index is 425. The van der Waals surface area contributed by atoms with E-state index in [0.29, 0.717) is 5.41 Å². The van der Waals surface area contributed by atoms with Gasteiger partial charge in [-0.2, -0.15) is 0 Å². The van der Waals surface area contributed by atoms with Gasteiger partial charge in [-0.1, -0.05) is 12.8 Å². The first-order chi connectivity index (χ1) is 8.70. The van der Waals surface area contributed by atoms with Crippen molar-refractivity contribution in [3.63, 3.8) is 0 Å². The normalized spacial score (nSPS) is 22.6. The third-order valence-electron chi connectivity index (χ3n) is 4.97. The number of pyridine rings is 1. The van der Waals surface area contributed by atoms with E-state index in [1.54, 1.807) is 0 Å². The summed E-state index contributed by atoms with van der Waals surface area (Å²) < 4.78 is 0. The summed E-state index contributed by atoms with van der Waals surface area (Å²) in [5.41, 5.74) is 8.82. The minimum Gasteiger partial charge on any atom is -0.396 e. The summed E-state index contributed by atoms with van der Waals surface area (Å²) in [7, 11) is 0. The second-order valence-electron chi connectivity index (χ2n) is 6.06. The number of nitrogen functional groups attached to an aromatic ring is 1. The number of aryl methyl sites for hydroxylation is 1. The summed E-state index contributed by atoms with van der Waals surface area (Å²) in [4.78, 5) is 6.86. The molecule has 0 bridgehead atoms. The summed E-state index contributed by atoms with van der Waals surface area (Å²) in [5, 5.41) is 0. The summed E-state index contributed by atoms with van der Waals surface area (Å²) in [6.07, 6.45) is 10.3. The first kappa shape index (κ1) is 11.8. The first-order valence-corrected chi connectivity index (χ1v) is 7.16. The molecule has 2 heterocycles. The molecule has 0 atom stereocenters. The van der Waals surface area contributed by atoms with E-state index in [2.05, 4.69) is 16.8 Å². The van der Waals surface area contributed by atoms with Gasteiger partial charge in [0.05, 0.1) is 5.69 Å². The maximum Gasteiger partial charge on any atom is 0.152 e. The Hall–Kier alpha value is -1.25. The summed E-state index contributed by atoms with van der Waals surface area (Å²) in [6, 6.07) is 1.99. The van der Waals surface area contributed by atoms with Gasteiger partial charge in [-0.3, -0.25) is 0 Å². The fourth-order valence-corrected chi connectivity index (χ4v) is 3.63. The van der Waals surface area contributed by atoms with Gasteiger partial charge in [-0.05, 0) is 49.7 Å². The molecule has 2 aliphatic rings. The predicted octanol–water partition coefficient (Wildman–Crippen LogP) is 3.13. The lowest BCUT2D eigenvalue weighted by Crippen LogP contribution is -2.39. The number of nitrogens with zero attached hydrogens (tertiary/aromatic N) is 2. The highest BCUT2D eigenvalue weighted by Crippen LogP contribution is 2.46. The van der Waals surface area contributed by atoms with Crippen LogP contribution in [0.25, 0.3) is 0 Å². The summed E-state index contributed by atoms with van der Waals surface area (Å²) >= 11 is 0. The Morgan fingerprint density at radius 1 is 1.17 bits per heavy atom. The van der Waals surface area contributed by atoms with Crippen molar-refractivity contribution in [2.45, 2.75) is 45.4 Å². The van der Waals surface area contributed by atoms with E-state index in [1.807, 2.05) is 12.3 Å². The Labute approximate surface area is 109 Å². The summed E-state index contributed by atoms with van der Waals surface area (Å²) in [6.45, 7) is 4.31. The topological polar surface area (TPSA) is 42.2 Å². The van der Waals surface area contributed by atoms with Gasteiger partial charge >= 0.3 is 0 Å². The van der Waals surface area contributed by atoms with Gasteiger partial charge < -0.3 is 10.6 Å². The van der Waals surface area contributed by atoms with Crippen LogP contribution in [0.3, 0.4) is 0 Å². The van der Waals surface area contributed by atoms with Crippen molar-refractivity contribution < 1.29 is 0 Å². The molecule has 1 aromatic rings. The molecule has 0 amide bonds. The van der Waals surface area contributed by atoms with Crippen LogP contribution in [0.2, 0.25) is 0 Å². The Morgan fingerprint density at radius 3 is 2.50 bits per heavy atom. The third-order valence-corrected chi connectivity index (χ3v) is 4.97. The molecule has 18 heavy (non-hydrogen) atoms. The van der Waals surface area contributed by atoms with Crippen LogP contribution < -0.4 is 10.6 Å². The lowest BCUT2D eigenvalue weighted by Gasteiger charge is -2.40. The third kappa shape index (κ3) is 1.96. The molecule has 1 spiro atoms.